The van der Waals surface area contributed by atoms with Crippen LogP contribution in [0.15, 0.2) is 200 Å². The maximum atomic E-state index is 7.48. The summed E-state index contributed by atoms with van der Waals surface area (Å²) in [7, 11) is 0. The van der Waals surface area contributed by atoms with Crippen molar-refractivity contribution in [2.45, 2.75) is 24.9 Å². The average molecular weight is 694 g/mol. The molecule has 0 fully saturated rings. The highest BCUT2D eigenvalue weighted by molar-refractivity contribution is 5.88. The minimum atomic E-state index is -0.837. The zero-order valence-electron chi connectivity index (χ0n) is 30.4. The predicted molar refractivity (Wildman–Crippen MR) is 223 cm³/mol. The summed E-state index contributed by atoms with van der Waals surface area (Å²) in [5.74, 6) is 0.846. The topological polar surface area (TPSA) is 12.5 Å². The van der Waals surface area contributed by atoms with Crippen LogP contribution in [0.1, 0.15) is 41.7 Å². The van der Waals surface area contributed by atoms with Gasteiger partial charge >= 0.3 is 0 Å². The number of rotatable bonds is 6. The maximum Gasteiger partial charge on any atom is 0.185 e. The number of hydrogen-bond donors (Lipinski definition) is 0. The van der Waals surface area contributed by atoms with Crippen LogP contribution in [-0.4, -0.2) is 0 Å². The molecule has 1 aliphatic heterocycles. The van der Waals surface area contributed by atoms with Gasteiger partial charge in [-0.3, -0.25) is 0 Å². The van der Waals surface area contributed by atoms with Gasteiger partial charge in [-0.25, -0.2) is 0 Å². The van der Waals surface area contributed by atoms with E-state index in [0.29, 0.717) is 0 Å². The lowest BCUT2D eigenvalue weighted by Crippen LogP contribution is -2.38. The van der Waals surface area contributed by atoms with Gasteiger partial charge in [0.05, 0.1) is 0 Å². The molecule has 2 nitrogen and oxygen atoms in total. The molecule has 1 heterocycles. The summed E-state index contributed by atoms with van der Waals surface area (Å²) < 4.78 is 7.48. The second-order valence-corrected chi connectivity index (χ2v) is 14.9. The largest absolute Gasteiger partial charge is 0.472 e. The van der Waals surface area contributed by atoms with Crippen LogP contribution in [0.3, 0.4) is 0 Å². The van der Waals surface area contributed by atoms with E-state index in [1.54, 1.807) is 0 Å². The highest BCUT2D eigenvalue weighted by Gasteiger charge is 2.44. The summed E-state index contributed by atoms with van der Waals surface area (Å²) >= 11 is 0. The predicted octanol–water partition coefficient (Wildman–Crippen LogP) is 13.5. The standard InChI is InChI=1S/C52H39NO/c1-51(2)47-24-14-12-22-43(47)45-32-30-41(34-49(45)51)53(40-28-26-37(27-29-40)36-16-6-3-7-17-36)42-31-33-46-44-23-13-15-25-48(44)52(54-50(46)35-42,38-18-8-4-9-19-38)39-20-10-5-11-21-39/h3-35H,1-2H3. The van der Waals surface area contributed by atoms with Gasteiger partial charge in [0.15, 0.2) is 5.60 Å². The van der Waals surface area contributed by atoms with Crippen molar-refractivity contribution in [1.29, 1.82) is 0 Å². The highest BCUT2D eigenvalue weighted by Crippen LogP contribution is 2.54. The van der Waals surface area contributed by atoms with Crippen LogP contribution in [-0.2, 0) is 11.0 Å². The molecular formula is C52H39NO. The molecule has 0 atom stereocenters. The Balaban J connectivity index is 1.17. The number of benzene rings is 8. The Labute approximate surface area is 317 Å². The van der Waals surface area contributed by atoms with Gasteiger partial charge in [0.25, 0.3) is 0 Å². The van der Waals surface area contributed by atoms with E-state index in [1.165, 1.54) is 38.9 Å². The normalized spacial score (nSPS) is 14.2. The van der Waals surface area contributed by atoms with E-state index in [9.17, 15) is 0 Å². The van der Waals surface area contributed by atoms with Gasteiger partial charge in [-0.05, 0) is 75.3 Å². The van der Waals surface area contributed by atoms with Crippen molar-refractivity contribution in [3.63, 3.8) is 0 Å². The molecular weight excluding hydrogens is 655 g/mol. The second kappa shape index (κ2) is 12.5. The van der Waals surface area contributed by atoms with Crippen LogP contribution < -0.4 is 9.64 Å². The number of anilines is 3. The quantitative estimate of drug-likeness (QED) is 0.172. The third kappa shape index (κ3) is 4.94. The van der Waals surface area contributed by atoms with E-state index in [-0.39, 0.29) is 5.41 Å². The molecule has 258 valence electrons. The molecule has 0 N–H and O–H groups in total. The maximum absolute atomic E-state index is 7.48. The number of ether oxygens (including phenoxy) is 1. The Kier molecular flexibility index (Phi) is 7.42. The van der Waals surface area contributed by atoms with E-state index >= 15 is 0 Å². The van der Waals surface area contributed by atoms with Crippen molar-refractivity contribution in [3.05, 3.63) is 228 Å². The van der Waals surface area contributed by atoms with E-state index in [4.69, 9.17) is 4.74 Å². The molecule has 1 aliphatic carbocycles. The van der Waals surface area contributed by atoms with Gasteiger partial charge < -0.3 is 9.64 Å². The first kappa shape index (κ1) is 32.0. The van der Waals surface area contributed by atoms with E-state index < -0.39 is 5.60 Å². The van der Waals surface area contributed by atoms with Crippen LogP contribution in [0.2, 0.25) is 0 Å². The first-order valence-corrected chi connectivity index (χ1v) is 18.8. The lowest BCUT2D eigenvalue weighted by atomic mass is 9.75. The summed E-state index contributed by atoms with van der Waals surface area (Å²) in [6.45, 7) is 4.69. The van der Waals surface area contributed by atoms with Gasteiger partial charge in [0.1, 0.15) is 5.75 Å². The first-order chi connectivity index (χ1) is 26.5. The molecule has 0 amide bonds. The molecule has 0 saturated heterocycles. The second-order valence-electron chi connectivity index (χ2n) is 14.9. The van der Waals surface area contributed by atoms with Crippen LogP contribution >= 0.6 is 0 Å². The zero-order valence-corrected chi connectivity index (χ0v) is 30.4. The van der Waals surface area contributed by atoms with Crippen molar-refractivity contribution in [2.24, 2.45) is 0 Å². The molecule has 2 heteroatoms. The van der Waals surface area contributed by atoms with Gasteiger partial charge in [-0.1, -0.05) is 172 Å². The number of fused-ring (bicyclic) bond motifs is 6. The molecule has 0 spiro atoms. The van der Waals surface area contributed by atoms with E-state index in [0.717, 1.165) is 45.1 Å². The Morgan fingerprint density at radius 3 is 1.48 bits per heavy atom. The van der Waals surface area contributed by atoms with E-state index in [2.05, 4.69) is 219 Å². The molecule has 0 radical (unpaired) electrons. The van der Waals surface area contributed by atoms with Crippen LogP contribution in [0.5, 0.6) is 5.75 Å². The van der Waals surface area contributed by atoms with Crippen molar-refractivity contribution >= 4 is 17.1 Å². The lowest BCUT2D eigenvalue weighted by molar-refractivity contribution is 0.152. The molecule has 8 aromatic carbocycles. The summed E-state index contributed by atoms with van der Waals surface area (Å²) in [5, 5.41) is 0. The zero-order chi connectivity index (χ0) is 36.3. The van der Waals surface area contributed by atoms with Crippen molar-refractivity contribution in [2.75, 3.05) is 4.90 Å². The highest BCUT2D eigenvalue weighted by atomic mass is 16.5. The monoisotopic (exact) mass is 693 g/mol. The third-order valence-electron chi connectivity index (χ3n) is 11.5. The van der Waals surface area contributed by atoms with Gasteiger partial charge in [0, 0.05) is 50.8 Å². The van der Waals surface area contributed by atoms with Crippen LogP contribution in [0.25, 0.3) is 33.4 Å². The molecule has 0 unspecified atom stereocenters. The summed E-state index contributed by atoms with van der Waals surface area (Å²) in [5.41, 5.74) is 15.6. The lowest BCUT2D eigenvalue weighted by Gasteiger charge is -2.41. The molecule has 54 heavy (non-hydrogen) atoms. The summed E-state index contributed by atoms with van der Waals surface area (Å²) in [6.07, 6.45) is 0. The molecule has 0 saturated carbocycles. The molecule has 0 bridgehead atoms. The Morgan fingerprint density at radius 2 is 0.833 bits per heavy atom. The molecule has 2 aliphatic rings. The number of nitrogens with zero attached hydrogens (tertiary/aromatic N) is 1. The third-order valence-corrected chi connectivity index (χ3v) is 11.5. The molecule has 0 aromatic heterocycles. The minimum absolute atomic E-state index is 0.127. The Hall–Kier alpha value is -6.64. The fraction of sp³-hybridized carbons (Fsp3) is 0.0769. The Morgan fingerprint density at radius 1 is 0.370 bits per heavy atom. The first-order valence-electron chi connectivity index (χ1n) is 18.8. The van der Waals surface area contributed by atoms with Gasteiger partial charge in [-0.2, -0.15) is 0 Å². The fourth-order valence-corrected chi connectivity index (χ4v) is 8.86. The average Bonchev–Trinajstić information content (AvgIpc) is 3.47. The minimum Gasteiger partial charge on any atom is -0.472 e. The molecule has 8 aromatic rings. The summed E-state index contributed by atoms with van der Waals surface area (Å²) in [6, 6.07) is 72.1. The van der Waals surface area contributed by atoms with Crippen molar-refractivity contribution < 1.29 is 4.74 Å². The summed E-state index contributed by atoms with van der Waals surface area (Å²) in [4.78, 5) is 2.38. The van der Waals surface area contributed by atoms with E-state index in [1.807, 2.05) is 0 Å². The van der Waals surface area contributed by atoms with Crippen molar-refractivity contribution in [3.8, 4) is 39.1 Å². The Bertz CT molecular complexity index is 2600. The number of hydrogen-bond acceptors (Lipinski definition) is 2. The van der Waals surface area contributed by atoms with Crippen LogP contribution in [0, 0.1) is 0 Å². The SMILES string of the molecule is CC1(C)c2ccccc2-c2ccc(N(c3ccc(-c4ccccc4)cc3)c3ccc4c(c3)OC(c3ccccc3)(c3ccccc3)c3ccccc3-4)cc21. The van der Waals surface area contributed by atoms with Gasteiger partial charge in [-0.15, -0.1) is 0 Å². The van der Waals surface area contributed by atoms with Crippen LogP contribution in [0.4, 0.5) is 17.1 Å². The smallest absolute Gasteiger partial charge is 0.185 e. The van der Waals surface area contributed by atoms with Gasteiger partial charge in [0.2, 0.25) is 0 Å². The van der Waals surface area contributed by atoms with Crippen molar-refractivity contribution in [1.82, 2.24) is 0 Å². The molecule has 10 rings (SSSR count). The fourth-order valence-electron chi connectivity index (χ4n) is 8.86.